The Kier molecular flexibility index (Phi) is 6.80. The molecule has 0 aromatic heterocycles. The zero-order valence-electron chi connectivity index (χ0n) is 16.3. The van der Waals surface area contributed by atoms with Gasteiger partial charge in [-0.3, -0.25) is 4.79 Å². The van der Waals surface area contributed by atoms with Crippen LogP contribution >= 0.6 is 0 Å². The molecule has 4 nitrogen and oxygen atoms in total. The van der Waals surface area contributed by atoms with Gasteiger partial charge in [0.2, 0.25) is 0 Å². The van der Waals surface area contributed by atoms with Crippen LogP contribution < -0.4 is 10.1 Å². The molecule has 29 heavy (non-hydrogen) atoms. The largest absolute Gasteiger partial charge is 0.489 e. The van der Waals surface area contributed by atoms with Gasteiger partial charge in [-0.25, -0.2) is 0 Å². The topological polar surface area (TPSA) is 62.1 Å². The number of nitrogens with zero attached hydrogens (tertiary/aromatic N) is 1. The van der Waals surface area contributed by atoms with Gasteiger partial charge in [-0.1, -0.05) is 72.3 Å². The normalized spacial score (nSPS) is 10.8. The molecule has 0 unspecified atom stereocenters. The highest BCUT2D eigenvalue weighted by Gasteiger charge is 2.08. The maximum Gasteiger partial charge on any atom is 0.262 e. The van der Waals surface area contributed by atoms with Gasteiger partial charge in [0.15, 0.2) is 0 Å². The van der Waals surface area contributed by atoms with Crippen molar-refractivity contribution in [3.63, 3.8) is 0 Å². The minimum absolute atomic E-state index is 0.0641. The van der Waals surface area contributed by atoms with Crippen molar-refractivity contribution in [2.45, 2.75) is 20.1 Å². The van der Waals surface area contributed by atoms with Gasteiger partial charge in [-0.15, -0.1) is 0 Å². The highest BCUT2D eigenvalue weighted by Crippen LogP contribution is 2.16. The maximum atomic E-state index is 12.3. The molecule has 3 aromatic carbocycles. The van der Waals surface area contributed by atoms with Gasteiger partial charge in [-0.05, 0) is 41.8 Å². The first-order valence-electron chi connectivity index (χ1n) is 9.36. The highest BCUT2D eigenvalue weighted by atomic mass is 16.5. The summed E-state index contributed by atoms with van der Waals surface area (Å²) in [6.45, 7) is 2.92. The van der Waals surface area contributed by atoms with E-state index in [1.807, 2.05) is 79.7 Å². The standard InChI is InChI=1S/C25H22N2O2/c1-19-7-9-22(10-8-19)18-29-24-13-11-20(12-14-24)15-23(16-26)25(28)27-17-21-5-3-2-4-6-21/h2-15H,17-18H2,1H3,(H,27,28)/b23-15-. The van der Waals surface area contributed by atoms with Crippen molar-refractivity contribution in [3.8, 4) is 11.8 Å². The van der Waals surface area contributed by atoms with E-state index in [-0.39, 0.29) is 5.57 Å². The first kappa shape index (κ1) is 19.9. The van der Waals surface area contributed by atoms with Crippen molar-refractivity contribution in [2.75, 3.05) is 0 Å². The number of nitriles is 1. The number of hydrogen-bond acceptors (Lipinski definition) is 3. The first-order valence-corrected chi connectivity index (χ1v) is 9.36. The predicted octanol–water partition coefficient (Wildman–Crippen LogP) is 4.80. The average molecular weight is 382 g/mol. The van der Waals surface area contributed by atoms with Crippen LogP contribution in [0.5, 0.6) is 5.75 Å². The smallest absolute Gasteiger partial charge is 0.262 e. The molecule has 0 saturated carbocycles. The second-order valence-electron chi connectivity index (χ2n) is 6.68. The highest BCUT2D eigenvalue weighted by molar-refractivity contribution is 6.01. The van der Waals surface area contributed by atoms with Crippen molar-refractivity contribution in [2.24, 2.45) is 0 Å². The Labute approximate surface area is 171 Å². The van der Waals surface area contributed by atoms with E-state index in [9.17, 15) is 10.1 Å². The summed E-state index contributed by atoms with van der Waals surface area (Å²) in [6.07, 6.45) is 1.57. The lowest BCUT2D eigenvalue weighted by Crippen LogP contribution is -2.23. The molecule has 0 aliphatic heterocycles. The van der Waals surface area contributed by atoms with E-state index >= 15 is 0 Å². The molecule has 0 heterocycles. The third-order valence-corrected chi connectivity index (χ3v) is 4.38. The maximum absolute atomic E-state index is 12.3. The Morgan fingerprint density at radius 2 is 1.66 bits per heavy atom. The fraction of sp³-hybridized carbons (Fsp3) is 0.120. The van der Waals surface area contributed by atoms with Gasteiger partial charge in [0.05, 0.1) is 0 Å². The molecule has 0 bridgehead atoms. The monoisotopic (exact) mass is 382 g/mol. The summed E-state index contributed by atoms with van der Waals surface area (Å²) in [4.78, 5) is 12.3. The Morgan fingerprint density at radius 1 is 0.966 bits per heavy atom. The fourth-order valence-corrected chi connectivity index (χ4v) is 2.70. The minimum atomic E-state index is -0.393. The summed E-state index contributed by atoms with van der Waals surface area (Å²) >= 11 is 0. The van der Waals surface area contributed by atoms with Crippen molar-refractivity contribution in [1.82, 2.24) is 5.32 Å². The Morgan fingerprint density at radius 3 is 2.31 bits per heavy atom. The predicted molar refractivity (Wildman–Crippen MR) is 114 cm³/mol. The molecule has 0 spiro atoms. The number of amides is 1. The lowest BCUT2D eigenvalue weighted by Gasteiger charge is -2.07. The third kappa shape index (κ3) is 6.08. The molecule has 144 valence electrons. The van der Waals surface area contributed by atoms with E-state index < -0.39 is 5.91 Å². The Balaban J connectivity index is 1.58. The Hall–Kier alpha value is -3.84. The molecule has 0 atom stereocenters. The van der Waals surface area contributed by atoms with Crippen LogP contribution in [0.1, 0.15) is 22.3 Å². The lowest BCUT2D eigenvalue weighted by atomic mass is 10.1. The number of carbonyl (C=O) groups excluding carboxylic acids is 1. The van der Waals surface area contributed by atoms with E-state index in [2.05, 4.69) is 17.4 Å². The van der Waals surface area contributed by atoms with Gasteiger partial charge in [0, 0.05) is 6.54 Å². The van der Waals surface area contributed by atoms with Crippen LogP contribution in [-0.4, -0.2) is 5.91 Å². The summed E-state index contributed by atoms with van der Waals surface area (Å²) in [5, 5.41) is 12.1. The average Bonchev–Trinajstić information content (AvgIpc) is 2.77. The number of rotatable bonds is 7. The van der Waals surface area contributed by atoms with Gasteiger partial charge < -0.3 is 10.1 Å². The summed E-state index contributed by atoms with van der Waals surface area (Å²) < 4.78 is 5.79. The summed E-state index contributed by atoms with van der Waals surface area (Å²) in [5.41, 5.74) is 4.12. The van der Waals surface area contributed by atoms with Crippen LogP contribution in [0.15, 0.2) is 84.4 Å². The molecule has 0 aliphatic carbocycles. The Bertz CT molecular complexity index is 1020. The van der Waals surface area contributed by atoms with Crippen molar-refractivity contribution in [1.29, 1.82) is 5.26 Å². The van der Waals surface area contributed by atoms with Crippen molar-refractivity contribution < 1.29 is 9.53 Å². The molecule has 3 aromatic rings. The van der Waals surface area contributed by atoms with E-state index in [1.165, 1.54) is 5.56 Å². The second kappa shape index (κ2) is 9.91. The number of hydrogen-bond donors (Lipinski definition) is 1. The minimum Gasteiger partial charge on any atom is -0.489 e. The zero-order chi connectivity index (χ0) is 20.5. The fourth-order valence-electron chi connectivity index (χ4n) is 2.70. The van der Waals surface area contributed by atoms with Gasteiger partial charge in [0.25, 0.3) is 5.91 Å². The van der Waals surface area contributed by atoms with Gasteiger partial charge in [0.1, 0.15) is 24.0 Å². The third-order valence-electron chi connectivity index (χ3n) is 4.38. The van der Waals surface area contributed by atoms with Gasteiger partial charge >= 0.3 is 0 Å². The number of aryl methyl sites for hydroxylation is 1. The number of benzene rings is 3. The number of carbonyl (C=O) groups is 1. The molecule has 0 radical (unpaired) electrons. The van der Waals surface area contributed by atoms with Crippen molar-refractivity contribution in [3.05, 3.63) is 107 Å². The van der Waals surface area contributed by atoms with Crippen LogP contribution in [0.3, 0.4) is 0 Å². The van der Waals surface area contributed by atoms with E-state index in [4.69, 9.17) is 4.74 Å². The molecule has 0 saturated heterocycles. The molecule has 1 N–H and O–H groups in total. The van der Waals surface area contributed by atoms with Gasteiger partial charge in [-0.2, -0.15) is 5.26 Å². The van der Waals surface area contributed by atoms with Crippen molar-refractivity contribution >= 4 is 12.0 Å². The summed E-state index contributed by atoms with van der Waals surface area (Å²) in [7, 11) is 0. The summed E-state index contributed by atoms with van der Waals surface area (Å²) in [5.74, 6) is 0.339. The zero-order valence-corrected chi connectivity index (χ0v) is 16.3. The van der Waals surface area contributed by atoms with E-state index in [0.29, 0.717) is 13.2 Å². The van der Waals surface area contributed by atoms with Crippen LogP contribution in [0.25, 0.3) is 6.08 Å². The van der Waals surface area contributed by atoms with Crippen LogP contribution in [0.4, 0.5) is 0 Å². The SMILES string of the molecule is Cc1ccc(COc2ccc(/C=C(/C#N)C(=O)NCc3ccccc3)cc2)cc1. The van der Waals surface area contributed by atoms with Crippen LogP contribution in [0, 0.1) is 18.3 Å². The number of nitrogens with one attached hydrogen (secondary N) is 1. The van der Waals surface area contributed by atoms with Crippen LogP contribution in [-0.2, 0) is 17.9 Å². The number of ether oxygens (including phenoxy) is 1. The summed E-state index contributed by atoms with van der Waals surface area (Å²) in [6, 6.07) is 27.0. The van der Waals surface area contributed by atoms with E-state index in [0.717, 1.165) is 22.4 Å². The molecule has 4 heteroatoms. The molecule has 1 amide bonds. The second-order valence-corrected chi connectivity index (χ2v) is 6.68. The van der Waals surface area contributed by atoms with E-state index in [1.54, 1.807) is 6.08 Å². The molecular weight excluding hydrogens is 360 g/mol. The molecule has 3 rings (SSSR count). The molecule has 0 fully saturated rings. The first-order chi connectivity index (χ1) is 14.1. The molecular formula is C25H22N2O2. The lowest BCUT2D eigenvalue weighted by molar-refractivity contribution is -0.117. The molecule has 0 aliphatic rings. The quantitative estimate of drug-likeness (QED) is 0.472. The van der Waals surface area contributed by atoms with Crippen LogP contribution in [0.2, 0.25) is 0 Å².